The lowest BCUT2D eigenvalue weighted by Crippen LogP contribution is -2.51. The summed E-state index contributed by atoms with van der Waals surface area (Å²) < 4.78 is 40.1. The highest BCUT2D eigenvalue weighted by atomic mass is 32.2. The minimum Gasteiger partial charge on any atom is -0.352 e. The van der Waals surface area contributed by atoms with E-state index in [4.69, 9.17) is 0 Å². The van der Waals surface area contributed by atoms with Crippen molar-refractivity contribution in [3.05, 3.63) is 65.5 Å². The van der Waals surface area contributed by atoms with Gasteiger partial charge in [0.1, 0.15) is 11.9 Å². The molecule has 9 heteroatoms. The summed E-state index contributed by atoms with van der Waals surface area (Å²) in [6.45, 7) is 4.10. The van der Waals surface area contributed by atoms with Crippen LogP contribution in [0.15, 0.2) is 48.5 Å². The molecule has 1 saturated carbocycles. The number of aryl methyl sites for hydroxylation is 1. The molecular weight excluding hydrogens is 493 g/mol. The molecule has 2 aromatic rings. The van der Waals surface area contributed by atoms with Crippen molar-refractivity contribution in [1.82, 2.24) is 10.2 Å². The quantitative estimate of drug-likeness (QED) is 0.436. The molecule has 0 bridgehead atoms. The third kappa shape index (κ3) is 8.02. The average molecular weight is 532 g/mol. The Bertz CT molecular complexity index is 1160. The van der Waals surface area contributed by atoms with Gasteiger partial charge < -0.3 is 10.2 Å². The topological polar surface area (TPSA) is 86.8 Å². The number of rotatable bonds is 12. The Kier molecular flexibility index (Phi) is 10.1. The van der Waals surface area contributed by atoms with Gasteiger partial charge in [-0.05, 0) is 50.3 Å². The molecule has 1 atom stereocenters. The minimum absolute atomic E-state index is 0.0273. The van der Waals surface area contributed by atoms with Gasteiger partial charge >= 0.3 is 0 Å². The number of sulfonamides is 1. The summed E-state index contributed by atoms with van der Waals surface area (Å²) in [7, 11) is -3.75. The van der Waals surface area contributed by atoms with E-state index < -0.39 is 21.9 Å². The summed E-state index contributed by atoms with van der Waals surface area (Å²) in [5.41, 5.74) is 1.97. The molecule has 0 saturated heterocycles. The standard InChI is InChI=1S/C28H38FN3O4S/c1-4-25(28(34)30-23-10-5-6-11-23)31(20-22-17-15-21(2)16-18-22)27(33)14-9-19-32(37(3,35)36)26-13-8-7-12-24(26)29/h7-8,12-13,15-18,23,25H,4-6,9-11,14,19-20H2,1-3H3,(H,30,34). The Morgan fingerprint density at radius 3 is 2.32 bits per heavy atom. The van der Waals surface area contributed by atoms with Crippen LogP contribution in [-0.4, -0.2) is 50.0 Å². The molecule has 0 spiro atoms. The van der Waals surface area contributed by atoms with Crippen LogP contribution in [0.4, 0.5) is 10.1 Å². The van der Waals surface area contributed by atoms with Crippen molar-refractivity contribution in [1.29, 1.82) is 0 Å². The fourth-order valence-corrected chi connectivity index (χ4v) is 5.78. The van der Waals surface area contributed by atoms with Crippen molar-refractivity contribution < 1.29 is 22.4 Å². The zero-order valence-corrected chi connectivity index (χ0v) is 22.8. The van der Waals surface area contributed by atoms with Crippen LogP contribution < -0.4 is 9.62 Å². The minimum atomic E-state index is -3.75. The van der Waals surface area contributed by atoms with E-state index in [0.29, 0.717) is 6.42 Å². The maximum atomic E-state index is 14.3. The third-order valence-electron chi connectivity index (χ3n) is 6.83. The third-order valence-corrected chi connectivity index (χ3v) is 8.01. The summed E-state index contributed by atoms with van der Waals surface area (Å²) in [6.07, 6.45) is 5.77. The van der Waals surface area contributed by atoms with Crippen LogP contribution in [0.25, 0.3) is 0 Å². The predicted octanol–water partition coefficient (Wildman–Crippen LogP) is 4.55. The zero-order valence-electron chi connectivity index (χ0n) is 22.0. The van der Waals surface area contributed by atoms with Crippen LogP contribution in [0.1, 0.15) is 63.0 Å². The molecule has 1 aliphatic carbocycles. The van der Waals surface area contributed by atoms with Gasteiger partial charge in [0.15, 0.2) is 0 Å². The van der Waals surface area contributed by atoms with Crippen molar-refractivity contribution in [3.8, 4) is 0 Å². The molecule has 0 aliphatic heterocycles. The number of nitrogens with zero attached hydrogens (tertiary/aromatic N) is 2. The van der Waals surface area contributed by atoms with Gasteiger partial charge in [-0.1, -0.05) is 61.7 Å². The van der Waals surface area contributed by atoms with E-state index in [1.165, 1.54) is 18.2 Å². The van der Waals surface area contributed by atoms with Gasteiger partial charge in [-0.25, -0.2) is 12.8 Å². The maximum absolute atomic E-state index is 14.3. The van der Waals surface area contributed by atoms with E-state index in [0.717, 1.165) is 47.4 Å². The smallest absolute Gasteiger partial charge is 0.243 e. The van der Waals surface area contributed by atoms with Crippen molar-refractivity contribution in [2.24, 2.45) is 0 Å². The van der Waals surface area contributed by atoms with E-state index in [1.807, 2.05) is 38.1 Å². The van der Waals surface area contributed by atoms with E-state index in [-0.39, 0.29) is 49.5 Å². The number of hydrogen-bond donors (Lipinski definition) is 1. The van der Waals surface area contributed by atoms with Gasteiger partial charge in [-0.3, -0.25) is 13.9 Å². The highest BCUT2D eigenvalue weighted by Gasteiger charge is 2.31. The van der Waals surface area contributed by atoms with Gasteiger partial charge in [0.05, 0.1) is 11.9 Å². The number of nitrogens with one attached hydrogen (secondary N) is 1. The van der Waals surface area contributed by atoms with Crippen molar-refractivity contribution in [2.45, 2.75) is 77.4 Å². The molecule has 202 valence electrons. The first-order valence-electron chi connectivity index (χ1n) is 13.0. The molecule has 1 aliphatic rings. The van der Waals surface area contributed by atoms with Crippen molar-refractivity contribution in [3.63, 3.8) is 0 Å². The summed E-state index contributed by atoms with van der Waals surface area (Å²) >= 11 is 0. The second-order valence-corrected chi connectivity index (χ2v) is 11.7. The number of anilines is 1. The first-order valence-corrected chi connectivity index (χ1v) is 14.8. The van der Waals surface area contributed by atoms with Gasteiger partial charge in [0.2, 0.25) is 21.8 Å². The summed E-state index contributed by atoms with van der Waals surface area (Å²) in [6, 6.07) is 13.0. The number of amides is 2. The normalized spacial score (nSPS) is 14.8. The maximum Gasteiger partial charge on any atom is 0.243 e. The van der Waals surface area contributed by atoms with Crippen LogP contribution in [0.3, 0.4) is 0 Å². The molecule has 0 aromatic heterocycles. The zero-order chi connectivity index (χ0) is 27.0. The largest absolute Gasteiger partial charge is 0.352 e. The number of carbonyl (C=O) groups is 2. The fourth-order valence-electron chi connectivity index (χ4n) is 4.81. The number of hydrogen-bond acceptors (Lipinski definition) is 4. The molecule has 3 rings (SSSR count). The SMILES string of the molecule is CCC(C(=O)NC1CCCC1)N(Cc1ccc(C)cc1)C(=O)CCCN(c1ccccc1F)S(C)(=O)=O. The molecular formula is C28H38FN3O4S. The fraction of sp³-hybridized carbons (Fsp3) is 0.500. The number of para-hydroxylation sites is 1. The monoisotopic (exact) mass is 531 g/mol. The van der Waals surface area contributed by atoms with E-state index >= 15 is 0 Å². The highest BCUT2D eigenvalue weighted by molar-refractivity contribution is 7.92. The first-order chi connectivity index (χ1) is 17.6. The van der Waals surface area contributed by atoms with Crippen molar-refractivity contribution in [2.75, 3.05) is 17.1 Å². The molecule has 1 fully saturated rings. The lowest BCUT2D eigenvalue weighted by atomic mass is 10.1. The average Bonchev–Trinajstić information content (AvgIpc) is 3.36. The summed E-state index contributed by atoms with van der Waals surface area (Å²) in [5.74, 6) is -1.04. The van der Waals surface area contributed by atoms with Crippen LogP contribution in [0.5, 0.6) is 0 Å². The first kappa shape index (κ1) is 28.6. The van der Waals surface area contributed by atoms with E-state index in [2.05, 4.69) is 5.32 Å². The number of benzene rings is 2. The predicted molar refractivity (Wildman–Crippen MR) is 144 cm³/mol. The van der Waals surface area contributed by atoms with Gasteiger partial charge in [0, 0.05) is 25.6 Å². The Balaban J connectivity index is 1.76. The molecule has 1 unspecified atom stereocenters. The lowest BCUT2D eigenvalue weighted by molar-refractivity contribution is -0.141. The second-order valence-electron chi connectivity index (χ2n) is 9.81. The molecule has 0 radical (unpaired) electrons. The van der Waals surface area contributed by atoms with E-state index in [1.54, 1.807) is 11.0 Å². The second kappa shape index (κ2) is 13.0. The molecule has 0 heterocycles. The molecule has 1 N–H and O–H groups in total. The Morgan fingerprint density at radius 1 is 1.08 bits per heavy atom. The summed E-state index contributed by atoms with van der Waals surface area (Å²) in [4.78, 5) is 28.3. The molecule has 7 nitrogen and oxygen atoms in total. The lowest BCUT2D eigenvalue weighted by Gasteiger charge is -2.32. The summed E-state index contributed by atoms with van der Waals surface area (Å²) in [5, 5.41) is 3.12. The Hall–Kier alpha value is -2.94. The highest BCUT2D eigenvalue weighted by Crippen LogP contribution is 2.23. The molecule has 2 aromatic carbocycles. The number of halogens is 1. The van der Waals surface area contributed by atoms with Crippen LogP contribution >= 0.6 is 0 Å². The molecule has 2 amide bonds. The van der Waals surface area contributed by atoms with Crippen LogP contribution in [0.2, 0.25) is 0 Å². The number of carbonyl (C=O) groups excluding carboxylic acids is 2. The van der Waals surface area contributed by atoms with Crippen molar-refractivity contribution >= 4 is 27.5 Å². The Labute approximate surface area is 220 Å². The Morgan fingerprint density at radius 2 is 1.73 bits per heavy atom. The molecule has 37 heavy (non-hydrogen) atoms. The van der Waals surface area contributed by atoms with Crippen LogP contribution in [0, 0.1) is 12.7 Å². The van der Waals surface area contributed by atoms with Crippen LogP contribution in [-0.2, 0) is 26.2 Å². The van der Waals surface area contributed by atoms with Gasteiger partial charge in [-0.15, -0.1) is 0 Å². The van der Waals surface area contributed by atoms with Gasteiger partial charge in [0.25, 0.3) is 0 Å². The van der Waals surface area contributed by atoms with E-state index in [9.17, 15) is 22.4 Å². The van der Waals surface area contributed by atoms with Gasteiger partial charge in [-0.2, -0.15) is 0 Å².